The summed E-state index contributed by atoms with van der Waals surface area (Å²) in [5.41, 5.74) is 0. The molecule has 0 N–H and O–H groups in total. The molecule has 0 aromatic heterocycles. The molecule has 0 saturated carbocycles. The maximum absolute atomic E-state index is 3.74. The summed E-state index contributed by atoms with van der Waals surface area (Å²) in [4.78, 5) is 0. The molecule has 0 aliphatic carbocycles. The van der Waals surface area contributed by atoms with E-state index in [0.717, 1.165) is 4.24 Å². The van der Waals surface area contributed by atoms with Crippen LogP contribution in [0.1, 0.15) is 20.8 Å². The SMILES string of the molecule is BrCBr.CC[SiH2]CC.[CH2-][SiH2]CC.[Y]. The van der Waals surface area contributed by atoms with Gasteiger partial charge in [0.05, 0.1) is 4.24 Å². The Morgan fingerprint density at radius 3 is 1.23 bits per heavy atom. The van der Waals surface area contributed by atoms with Crippen molar-refractivity contribution < 1.29 is 32.7 Å². The zero-order chi connectivity index (χ0) is 10.2. The quantitative estimate of drug-likeness (QED) is 0.371. The predicted molar refractivity (Wildman–Crippen MR) is 76.6 cm³/mol. The van der Waals surface area contributed by atoms with Crippen molar-refractivity contribution in [2.45, 2.75) is 38.9 Å². The first-order valence-electron chi connectivity index (χ1n) is 4.66. The molecule has 0 spiro atoms. The molecule has 0 fully saturated rings. The minimum absolute atomic E-state index is 0. The van der Waals surface area contributed by atoms with Gasteiger partial charge in [0.1, 0.15) is 0 Å². The van der Waals surface area contributed by atoms with Crippen molar-refractivity contribution in [1.82, 2.24) is 0 Å². The molecule has 0 bridgehead atoms. The van der Waals surface area contributed by atoms with Crippen LogP contribution in [0.3, 0.4) is 0 Å². The summed E-state index contributed by atoms with van der Waals surface area (Å²) in [5.74, 6) is 0. The van der Waals surface area contributed by atoms with E-state index in [9.17, 15) is 0 Å². The Balaban J connectivity index is -0.0000000465. The van der Waals surface area contributed by atoms with E-state index in [0.29, 0.717) is 9.52 Å². The van der Waals surface area contributed by atoms with E-state index >= 15 is 0 Å². The van der Waals surface area contributed by atoms with Crippen molar-refractivity contribution >= 4 is 50.9 Å². The molecular formula is C8H23Br2Si2Y-. The van der Waals surface area contributed by atoms with Gasteiger partial charge in [-0.05, 0) is 0 Å². The zero-order valence-electron chi connectivity index (χ0n) is 9.28. The zero-order valence-corrected chi connectivity index (χ0v) is 18.1. The second-order valence-corrected chi connectivity index (χ2v) is 9.35. The second kappa shape index (κ2) is 36.6. The summed E-state index contributed by atoms with van der Waals surface area (Å²) in [7, 11) is 0.606. The first-order valence-corrected chi connectivity index (χ1v) is 10.9. The third-order valence-electron chi connectivity index (χ3n) is 1.06. The number of halogens is 2. The monoisotopic (exact) mass is 422 g/mol. The molecule has 0 nitrogen and oxygen atoms in total. The van der Waals surface area contributed by atoms with Crippen LogP contribution in [-0.2, 0) is 32.7 Å². The van der Waals surface area contributed by atoms with Gasteiger partial charge in [0.15, 0.2) is 0 Å². The Morgan fingerprint density at radius 1 is 1.00 bits per heavy atom. The van der Waals surface area contributed by atoms with Gasteiger partial charge in [-0.2, -0.15) is 0 Å². The van der Waals surface area contributed by atoms with Gasteiger partial charge in [-0.1, -0.05) is 70.8 Å². The standard InChI is InChI=1S/C4H12Si.C3H9Si.CH2Br2.Y/c1-3-5-4-2;1-3-4-2;2-1-3;/h3-5H2,1-2H3;2-4H2,1H3;1H2;/q;-1;;. The van der Waals surface area contributed by atoms with Crippen LogP contribution >= 0.6 is 31.9 Å². The van der Waals surface area contributed by atoms with E-state index in [1.165, 1.54) is 18.1 Å². The summed E-state index contributed by atoms with van der Waals surface area (Å²) in [6, 6.07) is 4.31. The van der Waals surface area contributed by atoms with Crippen molar-refractivity contribution in [2.24, 2.45) is 0 Å². The Kier molecular flexibility index (Phi) is 69.3. The van der Waals surface area contributed by atoms with Crippen LogP contribution in [0.25, 0.3) is 0 Å². The number of alkyl halides is 2. The summed E-state index contributed by atoms with van der Waals surface area (Å²) < 4.78 is 0.875. The van der Waals surface area contributed by atoms with E-state index in [2.05, 4.69) is 59.2 Å². The van der Waals surface area contributed by atoms with Gasteiger partial charge >= 0.3 is 0 Å². The third kappa shape index (κ3) is 74.9. The number of hydrogen-bond acceptors (Lipinski definition) is 0. The Hall–Kier alpha value is 2.50. The van der Waals surface area contributed by atoms with Gasteiger partial charge in [-0.3, -0.25) is 0 Å². The minimum atomic E-state index is 0. The van der Waals surface area contributed by atoms with E-state index in [4.69, 9.17) is 0 Å². The molecule has 0 aliphatic heterocycles. The molecule has 0 aliphatic rings. The smallest absolute Gasteiger partial charge is 0.0588 e. The molecule has 13 heavy (non-hydrogen) atoms. The van der Waals surface area contributed by atoms with E-state index in [1.54, 1.807) is 0 Å². The Morgan fingerprint density at radius 2 is 1.23 bits per heavy atom. The Labute approximate surface area is 132 Å². The number of rotatable bonds is 3. The normalized spacial score (nSPS) is 7.85. The second-order valence-electron chi connectivity index (χ2n) is 2.31. The van der Waals surface area contributed by atoms with Crippen LogP contribution in [-0.4, -0.2) is 23.3 Å². The van der Waals surface area contributed by atoms with Crippen LogP contribution in [0.15, 0.2) is 0 Å². The third-order valence-corrected chi connectivity index (χ3v) is 3.18. The van der Waals surface area contributed by atoms with Crippen molar-refractivity contribution in [2.75, 3.05) is 4.24 Å². The van der Waals surface area contributed by atoms with Crippen molar-refractivity contribution in [3.63, 3.8) is 0 Å². The molecule has 0 amide bonds. The van der Waals surface area contributed by atoms with Crippen LogP contribution in [0.4, 0.5) is 0 Å². The van der Waals surface area contributed by atoms with Gasteiger partial charge < -0.3 is 6.55 Å². The largest absolute Gasteiger partial charge is 0.348 e. The van der Waals surface area contributed by atoms with Crippen LogP contribution < -0.4 is 0 Å². The van der Waals surface area contributed by atoms with Gasteiger partial charge in [-0.15, -0.1) is 9.52 Å². The molecule has 0 unspecified atom stereocenters. The predicted octanol–water partition coefficient (Wildman–Crippen LogP) is 3.15. The molecule has 81 valence electrons. The maximum atomic E-state index is 3.74. The van der Waals surface area contributed by atoms with Gasteiger partial charge in [0.25, 0.3) is 0 Å². The van der Waals surface area contributed by atoms with Crippen molar-refractivity contribution in [3.05, 3.63) is 6.55 Å². The van der Waals surface area contributed by atoms with E-state index < -0.39 is 0 Å². The van der Waals surface area contributed by atoms with Crippen molar-refractivity contribution in [3.8, 4) is 0 Å². The summed E-state index contributed by atoms with van der Waals surface area (Å²) in [5, 5.41) is 0. The molecule has 0 aromatic carbocycles. The van der Waals surface area contributed by atoms with Crippen LogP contribution in [0.5, 0.6) is 0 Å². The van der Waals surface area contributed by atoms with Crippen LogP contribution in [0, 0.1) is 6.55 Å². The summed E-state index contributed by atoms with van der Waals surface area (Å²) >= 11 is 6.12. The van der Waals surface area contributed by atoms with Gasteiger partial charge in [0.2, 0.25) is 0 Å². The maximum Gasteiger partial charge on any atom is 0.0588 e. The van der Waals surface area contributed by atoms with Crippen molar-refractivity contribution in [1.29, 1.82) is 0 Å². The molecule has 1 radical (unpaired) electrons. The fourth-order valence-corrected chi connectivity index (χ4v) is 1.06. The molecule has 0 atom stereocenters. The van der Waals surface area contributed by atoms with Gasteiger partial charge in [-0.25, -0.2) is 0 Å². The Bertz CT molecular complexity index is 47.1. The first kappa shape index (κ1) is 24.6. The molecule has 0 aromatic rings. The molecule has 5 heteroatoms. The molecule has 0 heterocycles. The molecular weight excluding hydrogens is 401 g/mol. The van der Waals surface area contributed by atoms with Gasteiger partial charge in [0, 0.05) is 42.2 Å². The minimum Gasteiger partial charge on any atom is -0.348 e. The van der Waals surface area contributed by atoms with E-state index in [-0.39, 0.29) is 42.2 Å². The van der Waals surface area contributed by atoms with E-state index in [1.807, 2.05) is 0 Å². The first-order chi connectivity index (χ1) is 5.74. The topological polar surface area (TPSA) is 0 Å². The fourth-order valence-electron chi connectivity index (χ4n) is 0.354. The summed E-state index contributed by atoms with van der Waals surface area (Å²) in [6.45, 7) is 10.5. The average molecular weight is 424 g/mol. The average Bonchev–Trinajstić information content (AvgIpc) is 2.08. The molecule has 0 rings (SSSR count). The fraction of sp³-hybridized carbons (Fsp3) is 0.875. The number of hydrogen-bond donors (Lipinski definition) is 0. The van der Waals surface area contributed by atoms with Crippen LogP contribution in [0.2, 0.25) is 18.1 Å². The summed E-state index contributed by atoms with van der Waals surface area (Å²) in [6.07, 6.45) is 0. The molecule has 0 saturated heterocycles.